The van der Waals surface area contributed by atoms with Crippen LogP contribution in [0.15, 0.2) is 59.5 Å². The van der Waals surface area contributed by atoms with Crippen LogP contribution in [-0.2, 0) is 0 Å². The molecule has 256 valence electrons. The highest BCUT2D eigenvalue weighted by molar-refractivity contribution is 6.05. The number of carbonyl (C=O) groups is 1. The molecule has 0 atom stereocenters. The van der Waals surface area contributed by atoms with E-state index in [4.69, 9.17) is 9.72 Å². The van der Waals surface area contributed by atoms with Crippen molar-refractivity contribution in [2.75, 3.05) is 57.1 Å². The fraction of sp³-hybridized carbons (Fsp3) is 0.447. The van der Waals surface area contributed by atoms with E-state index in [2.05, 4.69) is 12.2 Å². The first-order valence-corrected chi connectivity index (χ1v) is 17.2. The van der Waals surface area contributed by atoms with Gasteiger partial charge in [0.05, 0.1) is 38.2 Å². The Bertz CT molecular complexity index is 1780. The fourth-order valence-corrected chi connectivity index (χ4v) is 6.71. The van der Waals surface area contributed by atoms with Gasteiger partial charge in [-0.15, -0.1) is 0 Å². The first kappa shape index (κ1) is 35.0. The number of aromatic nitrogens is 2. The van der Waals surface area contributed by atoms with Crippen LogP contribution in [0.5, 0.6) is 5.75 Å². The Hall–Kier alpha value is -4.31. The van der Waals surface area contributed by atoms with Crippen molar-refractivity contribution in [2.24, 2.45) is 0 Å². The normalized spacial score (nSPS) is 14.2. The number of benzene rings is 2. The molecule has 1 amide bonds. The third-order valence-corrected chi connectivity index (χ3v) is 9.57. The smallest absolute Gasteiger partial charge is 0.261 e. The summed E-state index contributed by atoms with van der Waals surface area (Å²) in [4.78, 5) is 33.4. The van der Waals surface area contributed by atoms with Gasteiger partial charge in [-0.25, -0.2) is 13.8 Å². The number of hydrogen-bond acceptors (Lipinski definition) is 5. The Morgan fingerprint density at radius 3 is 2.35 bits per heavy atom. The number of carbonyl (C=O) groups excluding carboxylic acids is 1. The van der Waals surface area contributed by atoms with Crippen LogP contribution in [0.2, 0.25) is 0 Å². The molecule has 10 heteroatoms. The van der Waals surface area contributed by atoms with Crippen molar-refractivity contribution in [3.63, 3.8) is 0 Å². The predicted octanol–water partition coefficient (Wildman–Crippen LogP) is 7.64. The molecule has 4 aromatic rings. The first-order valence-electron chi connectivity index (χ1n) is 17.2. The van der Waals surface area contributed by atoms with E-state index in [1.54, 1.807) is 16.7 Å². The van der Waals surface area contributed by atoms with Crippen molar-refractivity contribution in [2.45, 2.75) is 65.2 Å². The molecule has 1 saturated heterocycles. The number of pyridine rings is 2. The number of quaternary nitrogens is 1. The SMILES string of the molecule is CC[N+]1(CCCCCCCOc2ccc(-n3cc(C(=O)Nc4cc(F)cc(F)c4)c(=O)c4ccc(N(C)C)nc43)cc2C)CCCCC1. The van der Waals surface area contributed by atoms with Gasteiger partial charge in [0.2, 0.25) is 5.43 Å². The maximum Gasteiger partial charge on any atom is 0.261 e. The fourth-order valence-electron chi connectivity index (χ4n) is 6.71. The third-order valence-electron chi connectivity index (χ3n) is 9.57. The molecule has 2 aromatic heterocycles. The highest BCUT2D eigenvalue weighted by atomic mass is 19.1. The summed E-state index contributed by atoms with van der Waals surface area (Å²) in [6.07, 6.45) is 11.5. The number of rotatable bonds is 14. The third kappa shape index (κ3) is 8.39. The molecule has 0 radical (unpaired) electrons. The van der Waals surface area contributed by atoms with E-state index in [-0.39, 0.29) is 16.6 Å². The maximum absolute atomic E-state index is 13.8. The monoisotopic (exact) mass is 660 g/mol. The molecule has 2 aromatic carbocycles. The lowest BCUT2D eigenvalue weighted by Crippen LogP contribution is -2.51. The number of halogens is 2. The zero-order chi connectivity index (χ0) is 34.3. The summed E-state index contributed by atoms with van der Waals surface area (Å²) in [5, 5.41) is 2.69. The van der Waals surface area contributed by atoms with Gasteiger partial charge in [-0.1, -0.05) is 12.8 Å². The van der Waals surface area contributed by atoms with Crippen LogP contribution in [-0.4, -0.2) is 66.8 Å². The highest BCUT2D eigenvalue weighted by Gasteiger charge is 2.27. The molecular weight excluding hydrogens is 612 g/mol. The number of anilines is 2. The van der Waals surface area contributed by atoms with E-state index in [0.717, 1.165) is 36.3 Å². The summed E-state index contributed by atoms with van der Waals surface area (Å²) in [5.74, 6) is -1.05. The molecule has 0 saturated carbocycles. The summed E-state index contributed by atoms with van der Waals surface area (Å²) >= 11 is 0. The number of ether oxygens (including phenoxy) is 1. The van der Waals surface area contributed by atoms with Gasteiger partial charge in [-0.3, -0.25) is 9.59 Å². The van der Waals surface area contributed by atoms with Gasteiger partial charge in [0.25, 0.3) is 5.91 Å². The van der Waals surface area contributed by atoms with Crippen LogP contribution in [0, 0.1) is 18.6 Å². The molecule has 3 heterocycles. The van der Waals surface area contributed by atoms with Crippen LogP contribution in [0.4, 0.5) is 20.3 Å². The van der Waals surface area contributed by atoms with Crippen molar-refractivity contribution < 1.29 is 22.8 Å². The van der Waals surface area contributed by atoms with Crippen molar-refractivity contribution >= 4 is 28.4 Å². The number of aryl methyl sites for hydroxylation is 1. The lowest BCUT2D eigenvalue weighted by Gasteiger charge is -2.41. The predicted molar refractivity (Wildman–Crippen MR) is 189 cm³/mol. The largest absolute Gasteiger partial charge is 0.493 e. The summed E-state index contributed by atoms with van der Waals surface area (Å²) in [7, 11) is 3.70. The molecule has 0 aliphatic carbocycles. The van der Waals surface area contributed by atoms with Crippen molar-refractivity contribution in [3.8, 4) is 11.4 Å². The van der Waals surface area contributed by atoms with E-state index >= 15 is 0 Å². The number of fused-ring (bicyclic) bond motifs is 1. The van der Waals surface area contributed by atoms with Crippen molar-refractivity contribution in [3.05, 3.63) is 87.7 Å². The maximum atomic E-state index is 13.8. The van der Waals surface area contributed by atoms with Crippen LogP contribution >= 0.6 is 0 Å². The first-order chi connectivity index (χ1) is 23.1. The molecule has 0 bridgehead atoms. The lowest BCUT2D eigenvalue weighted by atomic mass is 10.1. The van der Waals surface area contributed by atoms with Gasteiger partial charge >= 0.3 is 0 Å². The topological polar surface area (TPSA) is 76.5 Å². The van der Waals surface area contributed by atoms with Gasteiger partial charge in [0, 0.05) is 37.7 Å². The van der Waals surface area contributed by atoms with Crippen molar-refractivity contribution in [1.82, 2.24) is 9.55 Å². The lowest BCUT2D eigenvalue weighted by molar-refractivity contribution is -0.931. The highest BCUT2D eigenvalue weighted by Crippen LogP contribution is 2.26. The number of unbranched alkanes of at least 4 members (excludes halogenated alkanes) is 4. The Morgan fingerprint density at radius 2 is 1.67 bits per heavy atom. The summed E-state index contributed by atoms with van der Waals surface area (Å²) in [6, 6.07) is 11.7. The standard InChI is InChI=1S/C38H47F2N5O3/c1-5-45(19-11-9-12-20-45)18-10-7-6-8-13-21-48-34-16-14-31(22-27(34)2)44-26-33(38(47)41-30-24-28(39)23-29(40)25-30)36(46)32-15-17-35(43(3)4)42-37(32)44/h14-17,22-26H,5-13,18-21H2,1-4H3/p+1. The van der Waals surface area contributed by atoms with Gasteiger partial charge in [-0.2, -0.15) is 0 Å². The number of likely N-dealkylation sites (tertiary alicyclic amines) is 1. The van der Waals surface area contributed by atoms with E-state index in [1.165, 1.54) is 75.4 Å². The Labute approximate surface area is 281 Å². The van der Waals surface area contributed by atoms with Crippen molar-refractivity contribution in [1.29, 1.82) is 0 Å². The van der Waals surface area contributed by atoms with Crippen LogP contribution < -0.4 is 20.4 Å². The second kappa shape index (κ2) is 15.7. The Morgan fingerprint density at radius 1 is 0.958 bits per heavy atom. The molecular formula is C38H48F2N5O3+. The minimum Gasteiger partial charge on any atom is -0.493 e. The number of amides is 1. The van der Waals surface area contributed by atoms with E-state index in [0.29, 0.717) is 29.8 Å². The van der Waals surface area contributed by atoms with Crippen LogP contribution in [0.1, 0.15) is 74.2 Å². The van der Waals surface area contributed by atoms with Gasteiger partial charge in [0.15, 0.2) is 5.65 Å². The molecule has 8 nitrogen and oxygen atoms in total. The van der Waals surface area contributed by atoms with E-state index < -0.39 is 23.0 Å². The molecule has 48 heavy (non-hydrogen) atoms. The second-order valence-corrected chi connectivity index (χ2v) is 13.2. The minimum atomic E-state index is -0.839. The summed E-state index contributed by atoms with van der Waals surface area (Å²) in [6.45, 7) is 10.2. The van der Waals surface area contributed by atoms with Crippen LogP contribution in [0.25, 0.3) is 16.7 Å². The number of nitrogens with zero attached hydrogens (tertiary/aromatic N) is 4. The number of nitrogens with one attached hydrogen (secondary N) is 1. The zero-order valence-electron chi connectivity index (χ0n) is 28.7. The van der Waals surface area contributed by atoms with E-state index in [1.807, 2.05) is 44.1 Å². The minimum absolute atomic E-state index is 0.0921. The molecule has 0 spiro atoms. The van der Waals surface area contributed by atoms with Gasteiger partial charge in [0.1, 0.15) is 28.8 Å². The summed E-state index contributed by atoms with van der Waals surface area (Å²) < 4.78 is 36.7. The van der Waals surface area contributed by atoms with Crippen LogP contribution in [0.3, 0.4) is 0 Å². The molecule has 1 aliphatic rings. The number of piperidine rings is 1. The van der Waals surface area contributed by atoms with E-state index in [9.17, 15) is 18.4 Å². The Balaban J connectivity index is 1.28. The zero-order valence-corrected chi connectivity index (χ0v) is 28.7. The molecule has 0 unspecified atom stereocenters. The molecule has 1 N–H and O–H groups in total. The average molecular weight is 661 g/mol. The average Bonchev–Trinajstić information content (AvgIpc) is 3.06. The summed E-state index contributed by atoms with van der Waals surface area (Å²) in [5.41, 5.74) is 1.14. The number of hydrogen-bond donors (Lipinski definition) is 1. The quantitative estimate of drug-likeness (QED) is 0.111. The van der Waals surface area contributed by atoms with Gasteiger partial charge < -0.3 is 24.0 Å². The second-order valence-electron chi connectivity index (χ2n) is 13.2. The molecule has 1 aliphatic heterocycles. The van der Waals surface area contributed by atoms with Gasteiger partial charge in [-0.05, 0) is 100 Å². The molecule has 1 fully saturated rings. The molecule has 5 rings (SSSR count). The Kier molecular flexibility index (Phi) is 11.5.